The van der Waals surface area contributed by atoms with E-state index in [4.69, 9.17) is 4.74 Å². The van der Waals surface area contributed by atoms with Crippen molar-refractivity contribution in [3.05, 3.63) is 29.3 Å². The van der Waals surface area contributed by atoms with E-state index < -0.39 is 11.7 Å². The molecule has 0 amide bonds. The number of halogens is 3. The van der Waals surface area contributed by atoms with Crippen molar-refractivity contribution >= 4 is 0 Å². The van der Waals surface area contributed by atoms with Crippen molar-refractivity contribution in [3.8, 4) is 5.75 Å². The van der Waals surface area contributed by atoms with Crippen LogP contribution in [0.2, 0.25) is 0 Å². The lowest BCUT2D eigenvalue weighted by atomic mass is 10.0. The van der Waals surface area contributed by atoms with Crippen LogP contribution >= 0.6 is 0 Å². The number of hydrogen-bond acceptors (Lipinski definition) is 3. The lowest BCUT2D eigenvalue weighted by Gasteiger charge is -2.25. The van der Waals surface area contributed by atoms with Crippen LogP contribution in [0.4, 0.5) is 13.2 Å². The number of ether oxygens (including phenoxy) is 1. The number of hydrogen-bond donors (Lipinski definition) is 2. The van der Waals surface area contributed by atoms with Gasteiger partial charge in [0.05, 0.1) is 12.7 Å². The van der Waals surface area contributed by atoms with Crippen molar-refractivity contribution in [2.24, 2.45) is 0 Å². The molecule has 1 aliphatic rings. The zero-order valence-electron chi connectivity index (χ0n) is 10.7. The summed E-state index contributed by atoms with van der Waals surface area (Å²) in [7, 11) is 1.26. The van der Waals surface area contributed by atoms with Crippen LogP contribution in [0.1, 0.15) is 11.1 Å². The Balaban J connectivity index is 2.14. The van der Waals surface area contributed by atoms with Crippen LogP contribution in [0.25, 0.3) is 0 Å². The van der Waals surface area contributed by atoms with Crippen LogP contribution in [-0.4, -0.2) is 32.8 Å². The molecule has 1 aromatic carbocycles. The molecule has 1 unspecified atom stereocenters. The minimum Gasteiger partial charge on any atom is -0.496 e. The normalized spacial score (nSPS) is 20.3. The molecule has 0 aromatic heterocycles. The zero-order chi connectivity index (χ0) is 13.9. The molecular formula is C13H17F3N2O. The highest BCUT2D eigenvalue weighted by atomic mass is 19.4. The minimum absolute atomic E-state index is 0.117. The lowest BCUT2D eigenvalue weighted by molar-refractivity contribution is -0.138. The van der Waals surface area contributed by atoms with E-state index in [-0.39, 0.29) is 11.8 Å². The van der Waals surface area contributed by atoms with E-state index in [1.54, 1.807) is 0 Å². The van der Waals surface area contributed by atoms with Gasteiger partial charge in [0, 0.05) is 25.7 Å². The summed E-state index contributed by atoms with van der Waals surface area (Å²) in [5.74, 6) is -0.117. The molecule has 19 heavy (non-hydrogen) atoms. The molecule has 1 atom stereocenters. The summed E-state index contributed by atoms with van der Waals surface area (Å²) < 4.78 is 43.0. The highest BCUT2D eigenvalue weighted by molar-refractivity contribution is 5.39. The molecule has 0 bridgehead atoms. The van der Waals surface area contributed by atoms with Gasteiger partial charge in [-0.3, -0.25) is 0 Å². The Morgan fingerprint density at radius 2 is 2.11 bits per heavy atom. The van der Waals surface area contributed by atoms with Gasteiger partial charge >= 0.3 is 6.18 Å². The molecule has 1 saturated heterocycles. The van der Waals surface area contributed by atoms with Gasteiger partial charge in [-0.1, -0.05) is 6.07 Å². The van der Waals surface area contributed by atoms with Crippen LogP contribution in [0.5, 0.6) is 5.75 Å². The first-order chi connectivity index (χ1) is 9.00. The fraction of sp³-hybridized carbons (Fsp3) is 0.538. The quantitative estimate of drug-likeness (QED) is 0.882. The molecule has 0 radical (unpaired) electrons. The van der Waals surface area contributed by atoms with Gasteiger partial charge in [0.15, 0.2) is 0 Å². The topological polar surface area (TPSA) is 33.3 Å². The predicted octanol–water partition coefficient (Wildman–Crippen LogP) is 1.82. The van der Waals surface area contributed by atoms with Gasteiger partial charge < -0.3 is 15.4 Å². The zero-order valence-corrected chi connectivity index (χ0v) is 10.7. The van der Waals surface area contributed by atoms with Crippen LogP contribution in [0.3, 0.4) is 0 Å². The highest BCUT2D eigenvalue weighted by Crippen LogP contribution is 2.36. The number of piperazine rings is 1. The third-order valence-corrected chi connectivity index (χ3v) is 3.18. The Morgan fingerprint density at radius 1 is 1.32 bits per heavy atom. The van der Waals surface area contributed by atoms with E-state index in [0.29, 0.717) is 6.42 Å². The summed E-state index contributed by atoms with van der Waals surface area (Å²) in [6, 6.07) is 4.32. The molecule has 3 nitrogen and oxygen atoms in total. The molecule has 2 N–H and O–H groups in total. The van der Waals surface area contributed by atoms with Crippen LogP contribution < -0.4 is 15.4 Å². The molecule has 0 aliphatic carbocycles. The Hall–Kier alpha value is -1.27. The van der Waals surface area contributed by atoms with Gasteiger partial charge in [0.1, 0.15) is 5.75 Å². The Kier molecular flexibility index (Phi) is 4.31. The van der Waals surface area contributed by atoms with Gasteiger partial charge in [-0.25, -0.2) is 0 Å². The predicted molar refractivity (Wildman–Crippen MR) is 66.4 cm³/mol. The van der Waals surface area contributed by atoms with Crippen LogP contribution in [0.15, 0.2) is 18.2 Å². The Labute approximate surface area is 110 Å². The minimum atomic E-state index is -4.38. The summed E-state index contributed by atoms with van der Waals surface area (Å²) in [4.78, 5) is 0. The fourth-order valence-electron chi connectivity index (χ4n) is 2.24. The SMILES string of the molecule is COc1cc(CC2CNCCN2)ccc1C(F)(F)F. The van der Waals surface area contributed by atoms with Crippen molar-refractivity contribution in [2.45, 2.75) is 18.6 Å². The third-order valence-electron chi connectivity index (χ3n) is 3.18. The molecule has 0 saturated carbocycles. The van der Waals surface area contributed by atoms with Crippen molar-refractivity contribution in [1.82, 2.24) is 10.6 Å². The molecular weight excluding hydrogens is 257 g/mol. The Morgan fingerprint density at radius 3 is 2.68 bits per heavy atom. The Bertz CT molecular complexity index is 428. The number of alkyl halides is 3. The highest BCUT2D eigenvalue weighted by Gasteiger charge is 2.34. The average Bonchev–Trinajstić information content (AvgIpc) is 2.38. The van der Waals surface area contributed by atoms with Crippen molar-refractivity contribution in [1.29, 1.82) is 0 Å². The second-order valence-corrected chi connectivity index (χ2v) is 4.59. The largest absolute Gasteiger partial charge is 0.496 e. The lowest BCUT2D eigenvalue weighted by Crippen LogP contribution is -2.49. The van der Waals surface area contributed by atoms with E-state index in [2.05, 4.69) is 10.6 Å². The van der Waals surface area contributed by atoms with Gasteiger partial charge in [0.2, 0.25) is 0 Å². The smallest absolute Gasteiger partial charge is 0.419 e. The monoisotopic (exact) mass is 274 g/mol. The van der Waals surface area contributed by atoms with E-state index in [1.165, 1.54) is 19.2 Å². The van der Waals surface area contributed by atoms with Crippen molar-refractivity contribution in [2.75, 3.05) is 26.7 Å². The standard InChI is InChI=1S/C13H17F3N2O/c1-19-12-7-9(2-3-11(12)13(14,15)16)6-10-8-17-4-5-18-10/h2-3,7,10,17-18H,4-6,8H2,1H3. The summed E-state index contributed by atoms with van der Waals surface area (Å²) in [5, 5.41) is 6.57. The first kappa shape index (κ1) is 14.1. The molecule has 106 valence electrons. The molecule has 1 heterocycles. The summed E-state index contributed by atoms with van der Waals surface area (Å²) in [6.45, 7) is 2.62. The van der Waals surface area contributed by atoms with Gasteiger partial charge in [-0.05, 0) is 24.1 Å². The number of nitrogens with one attached hydrogen (secondary N) is 2. The maximum Gasteiger partial charge on any atom is 0.419 e. The first-order valence-corrected chi connectivity index (χ1v) is 6.19. The second kappa shape index (κ2) is 5.79. The second-order valence-electron chi connectivity index (χ2n) is 4.59. The van der Waals surface area contributed by atoms with Gasteiger partial charge in [0.25, 0.3) is 0 Å². The third kappa shape index (κ3) is 3.61. The molecule has 0 spiro atoms. The van der Waals surface area contributed by atoms with Crippen LogP contribution in [0, 0.1) is 0 Å². The summed E-state index contributed by atoms with van der Waals surface area (Å²) in [6.07, 6.45) is -3.70. The molecule has 1 aromatic rings. The van der Waals surface area contributed by atoms with E-state index in [1.807, 2.05) is 0 Å². The van der Waals surface area contributed by atoms with Crippen molar-refractivity contribution in [3.63, 3.8) is 0 Å². The van der Waals surface area contributed by atoms with Crippen LogP contribution in [-0.2, 0) is 12.6 Å². The van der Waals surface area contributed by atoms with E-state index >= 15 is 0 Å². The van der Waals surface area contributed by atoms with E-state index in [0.717, 1.165) is 31.3 Å². The molecule has 6 heteroatoms. The number of methoxy groups -OCH3 is 1. The average molecular weight is 274 g/mol. The number of rotatable bonds is 3. The fourth-order valence-corrected chi connectivity index (χ4v) is 2.24. The van der Waals surface area contributed by atoms with Crippen molar-refractivity contribution < 1.29 is 17.9 Å². The summed E-state index contributed by atoms with van der Waals surface area (Å²) >= 11 is 0. The maximum absolute atomic E-state index is 12.7. The molecule has 1 fully saturated rings. The summed E-state index contributed by atoms with van der Waals surface area (Å²) in [5.41, 5.74) is 0.111. The molecule has 1 aliphatic heterocycles. The maximum atomic E-state index is 12.7. The van der Waals surface area contributed by atoms with E-state index in [9.17, 15) is 13.2 Å². The first-order valence-electron chi connectivity index (χ1n) is 6.19. The molecule has 2 rings (SSSR count). The number of benzene rings is 1. The van der Waals surface area contributed by atoms with Gasteiger partial charge in [-0.2, -0.15) is 13.2 Å². The van der Waals surface area contributed by atoms with Gasteiger partial charge in [-0.15, -0.1) is 0 Å².